The number of hydrogen-bond acceptors (Lipinski definition) is 6. The quantitative estimate of drug-likeness (QED) is 0.557. The Labute approximate surface area is 221 Å². The van der Waals surface area contributed by atoms with Gasteiger partial charge in [0.1, 0.15) is 12.6 Å². The molecule has 1 aromatic heterocycles. The van der Waals surface area contributed by atoms with Crippen LogP contribution >= 0.6 is 0 Å². The molecule has 7 rings (SSSR count). The Morgan fingerprint density at radius 2 is 2.11 bits per heavy atom. The van der Waals surface area contributed by atoms with Crippen molar-refractivity contribution in [3.05, 3.63) is 35.5 Å². The topological polar surface area (TPSA) is 118 Å². The molecule has 10 heteroatoms. The number of aromatic nitrogens is 1. The van der Waals surface area contributed by atoms with Gasteiger partial charge in [-0.3, -0.25) is 24.0 Å². The van der Waals surface area contributed by atoms with Gasteiger partial charge in [-0.2, -0.15) is 0 Å². The van der Waals surface area contributed by atoms with Crippen LogP contribution in [-0.2, 0) is 25.5 Å². The van der Waals surface area contributed by atoms with E-state index in [4.69, 9.17) is 4.74 Å². The highest BCUT2D eigenvalue weighted by Crippen LogP contribution is 2.47. The second-order valence-corrected chi connectivity index (χ2v) is 12.1. The maximum absolute atomic E-state index is 13.9. The maximum atomic E-state index is 13.9. The summed E-state index contributed by atoms with van der Waals surface area (Å²) >= 11 is 0. The molecule has 5 aliphatic rings. The van der Waals surface area contributed by atoms with Crippen LogP contribution in [0.5, 0.6) is 0 Å². The van der Waals surface area contributed by atoms with Crippen LogP contribution in [0.1, 0.15) is 50.2 Å². The zero-order valence-corrected chi connectivity index (χ0v) is 22.1. The first-order valence-corrected chi connectivity index (χ1v) is 13.8. The predicted octanol–water partition coefficient (Wildman–Crippen LogP) is 1.11. The molecule has 1 aromatic carbocycles. The van der Waals surface area contributed by atoms with Crippen molar-refractivity contribution in [3.8, 4) is 0 Å². The number of ether oxygens (including phenoxy) is 1. The average molecular weight is 522 g/mol. The van der Waals surface area contributed by atoms with Crippen LogP contribution in [0.4, 0.5) is 0 Å². The summed E-state index contributed by atoms with van der Waals surface area (Å²) in [6.45, 7) is 4.44. The van der Waals surface area contributed by atoms with Gasteiger partial charge in [-0.05, 0) is 49.9 Å². The van der Waals surface area contributed by atoms with Crippen molar-refractivity contribution < 1.29 is 24.2 Å². The van der Waals surface area contributed by atoms with E-state index in [1.54, 1.807) is 18.7 Å². The fourth-order valence-electron chi connectivity index (χ4n) is 7.80. The number of likely N-dealkylation sites (N-methyl/N-ethyl adjacent to an activating group) is 1. The first kappa shape index (κ1) is 24.1. The fraction of sp³-hybridized carbons (Fsp3) is 0.607. The molecule has 6 atom stereocenters. The third-order valence-corrected chi connectivity index (χ3v) is 9.78. The lowest BCUT2D eigenvalue weighted by molar-refractivity contribution is -0.314. The van der Waals surface area contributed by atoms with Gasteiger partial charge in [0.05, 0.1) is 5.92 Å². The van der Waals surface area contributed by atoms with Crippen molar-refractivity contribution in [2.45, 2.75) is 69.2 Å². The van der Waals surface area contributed by atoms with Crippen molar-refractivity contribution in [1.29, 1.82) is 0 Å². The van der Waals surface area contributed by atoms with Crippen LogP contribution in [0, 0.1) is 11.8 Å². The number of rotatable bonds is 3. The van der Waals surface area contributed by atoms with Crippen LogP contribution in [-0.4, -0.2) is 92.9 Å². The third-order valence-electron chi connectivity index (χ3n) is 9.78. The minimum atomic E-state index is -1.95. The molecule has 5 heterocycles. The molecule has 38 heavy (non-hydrogen) atoms. The average Bonchev–Trinajstić information content (AvgIpc) is 3.59. The monoisotopic (exact) mass is 521 g/mol. The number of nitrogens with one attached hydrogen (secondary N) is 2. The summed E-state index contributed by atoms with van der Waals surface area (Å²) in [4.78, 5) is 48.9. The first-order valence-electron chi connectivity index (χ1n) is 13.8. The highest BCUT2D eigenvalue weighted by Gasteiger charge is 2.69. The van der Waals surface area contributed by atoms with Crippen LogP contribution < -0.4 is 5.32 Å². The van der Waals surface area contributed by atoms with E-state index in [9.17, 15) is 19.5 Å². The van der Waals surface area contributed by atoms with Crippen LogP contribution in [0.25, 0.3) is 10.9 Å². The minimum Gasteiger partial charge on any atom is -0.361 e. The summed E-state index contributed by atoms with van der Waals surface area (Å²) in [5.74, 6) is -3.59. The van der Waals surface area contributed by atoms with E-state index in [0.717, 1.165) is 23.3 Å². The number of carbonyl (C=O) groups excluding carboxylic acids is 3. The molecule has 2 aromatic rings. The molecule has 0 radical (unpaired) electrons. The van der Waals surface area contributed by atoms with Gasteiger partial charge in [-0.25, -0.2) is 0 Å². The zero-order chi connectivity index (χ0) is 26.6. The van der Waals surface area contributed by atoms with E-state index in [2.05, 4.69) is 46.6 Å². The number of H-pyrrole nitrogens is 1. The normalized spacial score (nSPS) is 36.6. The molecule has 1 aliphatic carbocycles. The molecule has 4 fully saturated rings. The number of fused-ring (bicyclic) bond motifs is 5. The van der Waals surface area contributed by atoms with Crippen LogP contribution in [0.15, 0.2) is 24.4 Å². The molecule has 4 aliphatic heterocycles. The van der Waals surface area contributed by atoms with Gasteiger partial charge in [0, 0.05) is 48.1 Å². The van der Waals surface area contributed by atoms with E-state index < -0.39 is 29.5 Å². The summed E-state index contributed by atoms with van der Waals surface area (Å²) in [5, 5.41) is 15.9. The van der Waals surface area contributed by atoms with Gasteiger partial charge in [-0.15, -0.1) is 0 Å². The molecular weight excluding hydrogens is 486 g/mol. The van der Waals surface area contributed by atoms with Gasteiger partial charge in [-0.1, -0.05) is 26.0 Å². The Kier molecular flexibility index (Phi) is 5.10. The minimum absolute atomic E-state index is 0.187. The molecule has 3 amide bonds. The number of piperidine rings is 1. The lowest BCUT2D eigenvalue weighted by Gasteiger charge is -2.46. The Morgan fingerprint density at radius 1 is 1.29 bits per heavy atom. The van der Waals surface area contributed by atoms with Crippen molar-refractivity contribution in [3.63, 3.8) is 0 Å². The first-order chi connectivity index (χ1) is 18.1. The number of piperazine rings is 1. The maximum Gasteiger partial charge on any atom is 0.281 e. The van der Waals surface area contributed by atoms with Gasteiger partial charge >= 0.3 is 0 Å². The molecule has 3 N–H and O–H groups in total. The highest BCUT2D eigenvalue weighted by molar-refractivity contribution is 5.96. The molecule has 202 valence electrons. The molecular formula is C28H35N5O5. The molecule has 4 saturated heterocycles. The molecule has 0 unspecified atom stereocenters. The SMILES string of the molecule is CC(C)[C@@]1(NC(=O)[C@@H]2C[C@@H]3c4cccc5[nH]cc(c45)C[C@H]3N(C)C2)O[C@@]2(O)[C@@H]3CCCN3C(=O)CN2C1=O. The van der Waals surface area contributed by atoms with Crippen molar-refractivity contribution in [1.82, 2.24) is 25.0 Å². The molecule has 0 spiro atoms. The van der Waals surface area contributed by atoms with E-state index in [0.29, 0.717) is 32.0 Å². The van der Waals surface area contributed by atoms with Gasteiger partial charge in [0.25, 0.3) is 11.8 Å². The number of aliphatic hydroxyl groups is 1. The summed E-state index contributed by atoms with van der Waals surface area (Å²) in [6, 6.07) is 5.98. The number of benzene rings is 1. The van der Waals surface area contributed by atoms with Crippen LogP contribution in [0.2, 0.25) is 0 Å². The second kappa shape index (κ2) is 8.03. The predicted molar refractivity (Wildman–Crippen MR) is 137 cm³/mol. The number of hydrogen-bond donors (Lipinski definition) is 3. The number of likely N-dealkylation sites (tertiary alicyclic amines) is 1. The Hall–Kier alpha value is -2.95. The molecule has 10 nitrogen and oxygen atoms in total. The number of nitrogens with zero attached hydrogens (tertiary/aromatic N) is 3. The van der Waals surface area contributed by atoms with Gasteiger partial charge in [0.2, 0.25) is 17.5 Å². The van der Waals surface area contributed by atoms with Crippen molar-refractivity contribution in [2.24, 2.45) is 11.8 Å². The molecule has 0 bridgehead atoms. The zero-order valence-electron chi connectivity index (χ0n) is 22.1. The lowest BCUT2D eigenvalue weighted by Crippen LogP contribution is -2.67. The van der Waals surface area contributed by atoms with Gasteiger partial charge in [0.15, 0.2) is 0 Å². The number of carbonyl (C=O) groups is 3. The summed E-state index contributed by atoms with van der Waals surface area (Å²) < 4.78 is 6.24. The van der Waals surface area contributed by atoms with E-state index in [-0.39, 0.29) is 30.2 Å². The highest BCUT2D eigenvalue weighted by atomic mass is 16.7. The lowest BCUT2D eigenvalue weighted by atomic mass is 9.72. The second-order valence-electron chi connectivity index (χ2n) is 12.1. The summed E-state index contributed by atoms with van der Waals surface area (Å²) in [6.07, 6.45) is 4.96. The van der Waals surface area contributed by atoms with E-state index in [1.807, 2.05) is 0 Å². The smallest absolute Gasteiger partial charge is 0.281 e. The van der Waals surface area contributed by atoms with Crippen LogP contribution in [0.3, 0.4) is 0 Å². The van der Waals surface area contributed by atoms with E-state index in [1.165, 1.54) is 16.5 Å². The van der Waals surface area contributed by atoms with E-state index >= 15 is 0 Å². The fourth-order valence-corrected chi connectivity index (χ4v) is 7.80. The standard InChI is InChI=1S/C28H35N5O5/c1-15(2)27(26(36)33-14-23(34)32-9-5-8-22(32)28(33,37)38-27)30-25(35)17-10-19-18-6-4-7-20-24(18)16(12-29-20)11-21(19)31(3)13-17/h4,6-7,12,15,17,19,21-22,29,37H,5,8-11,13-14H2,1-3H3,(H,30,35)/t17-,19-,21-,22+,27-,28+/m1/s1. The summed E-state index contributed by atoms with van der Waals surface area (Å²) in [5.41, 5.74) is 1.96. The number of aromatic amines is 1. The Balaban J connectivity index is 1.18. The number of amides is 3. The largest absolute Gasteiger partial charge is 0.361 e. The summed E-state index contributed by atoms with van der Waals surface area (Å²) in [7, 11) is 2.06. The Bertz CT molecular complexity index is 1360. The Morgan fingerprint density at radius 3 is 2.89 bits per heavy atom. The third kappa shape index (κ3) is 3.08. The van der Waals surface area contributed by atoms with Gasteiger partial charge < -0.3 is 25.2 Å². The molecule has 0 saturated carbocycles. The van der Waals surface area contributed by atoms with Crippen molar-refractivity contribution >= 4 is 28.6 Å². The van der Waals surface area contributed by atoms with Crippen molar-refractivity contribution in [2.75, 3.05) is 26.7 Å².